The highest BCUT2D eigenvalue weighted by atomic mass is 127. The zero-order valence-electron chi connectivity index (χ0n) is 15.3. The molecular formula is C18H34IN3O2. The molecule has 3 rings (SSSR count). The Bertz CT molecular complexity index is 418. The molecular weight excluding hydrogens is 417 g/mol. The van der Waals surface area contributed by atoms with E-state index in [1.807, 2.05) is 14.2 Å². The Balaban J connectivity index is 0.00000208. The average Bonchev–Trinajstić information content (AvgIpc) is 3.30. The zero-order chi connectivity index (χ0) is 16.2. The topological polar surface area (TPSA) is 46.1 Å². The second kappa shape index (κ2) is 9.03. The summed E-state index contributed by atoms with van der Waals surface area (Å²) in [5.41, 5.74) is 0.790. The standard InChI is InChI=1S/C18H33N3O2.HI/c1-19-16(21-10-7-18(14-21)9-12-23-15-18)20-13-17(8-11-22-2)5-3-4-6-17;/h3-15H2,1-2H3,(H,19,20);1H. The van der Waals surface area contributed by atoms with Gasteiger partial charge in [-0.2, -0.15) is 0 Å². The summed E-state index contributed by atoms with van der Waals surface area (Å²) in [4.78, 5) is 6.99. The molecule has 2 aliphatic heterocycles. The van der Waals surface area contributed by atoms with Crippen molar-refractivity contribution in [1.29, 1.82) is 0 Å². The molecule has 3 aliphatic rings. The Morgan fingerprint density at radius 1 is 1.25 bits per heavy atom. The quantitative estimate of drug-likeness (QED) is 0.397. The fourth-order valence-corrected chi connectivity index (χ4v) is 4.64. The van der Waals surface area contributed by atoms with Crippen molar-refractivity contribution in [3.05, 3.63) is 0 Å². The molecule has 2 saturated heterocycles. The highest BCUT2D eigenvalue weighted by Crippen LogP contribution is 2.41. The molecule has 140 valence electrons. The smallest absolute Gasteiger partial charge is 0.193 e. The Labute approximate surface area is 164 Å². The predicted molar refractivity (Wildman–Crippen MR) is 108 cm³/mol. The van der Waals surface area contributed by atoms with Crippen molar-refractivity contribution in [3.8, 4) is 0 Å². The van der Waals surface area contributed by atoms with Crippen LogP contribution in [-0.4, -0.2) is 64.5 Å². The average molecular weight is 451 g/mol. The second-order valence-corrected chi connectivity index (χ2v) is 7.82. The summed E-state index contributed by atoms with van der Waals surface area (Å²) in [5, 5.41) is 3.69. The number of hydrogen-bond acceptors (Lipinski definition) is 3. The molecule has 1 atom stereocenters. The zero-order valence-corrected chi connectivity index (χ0v) is 17.6. The maximum absolute atomic E-state index is 5.64. The second-order valence-electron chi connectivity index (χ2n) is 7.82. The summed E-state index contributed by atoms with van der Waals surface area (Å²) in [5.74, 6) is 1.08. The van der Waals surface area contributed by atoms with E-state index < -0.39 is 0 Å². The number of ether oxygens (including phenoxy) is 2. The molecule has 1 aliphatic carbocycles. The SMILES string of the molecule is CN=C(NCC1(CCOC)CCCC1)N1CCC2(CCOC2)C1.I. The number of aliphatic imine (C=N–C) groups is 1. The minimum atomic E-state index is 0. The molecule has 1 saturated carbocycles. The summed E-state index contributed by atoms with van der Waals surface area (Å²) in [6.07, 6.45) is 8.95. The minimum absolute atomic E-state index is 0. The molecule has 1 unspecified atom stereocenters. The van der Waals surface area contributed by atoms with E-state index in [-0.39, 0.29) is 24.0 Å². The maximum atomic E-state index is 5.64. The number of methoxy groups -OCH3 is 1. The van der Waals surface area contributed by atoms with Gasteiger partial charge in [-0.25, -0.2) is 0 Å². The first-order valence-corrected chi connectivity index (χ1v) is 9.23. The van der Waals surface area contributed by atoms with Crippen LogP contribution in [0.25, 0.3) is 0 Å². The third-order valence-corrected chi connectivity index (χ3v) is 6.26. The number of halogens is 1. The third kappa shape index (κ3) is 4.55. The lowest BCUT2D eigenvalue weighted by Gasteiger charge is -2.32. The molecule has 6 heteroatoms. The summed E-state index contributed by atoms with van der Waals surface area (Å²) in [6.45, 7) is 5.96. The van der Waals surface area contributed by atoms with Gasteiger partial charge in [-0.15, -0.1) is 24.0 Å². The van der Waals surface area contributed by atoms with E-state index >= 15 is 0 Å². The van der Waals surface area contributed by atoms with E-state index in [2.05, 4.69) is 15.2 Å². The molecule has 0 bridgehead atoms. The highest BCUT2D eigenvalue weighted by Gasteiger charge is 2.42. The van der Waals surface area contributed by atoms with Crippen LogP contribution < -0.4 is 5.32 Å². The van der Waals surface area contributed by atoms with Gasteiger partial charge >= 0.3 is 0 Å². The van der Waals surface area contributed by atoms with Crippen molar-refractivity contribution in [3.63, 3.8) is 0 Å². The maximum Gasteiger partial charge on any atom is 0.193 e. The minimum Gasteiger partial charge on any atom is -0.385 e. The van der Waals surface area contributed by atoms with Gasteiger partial charge in [0.15, 0.2) is 5.96 Å². The highest BCUT2D eigenvalue weighted by molar-refractivity contribution is 14.0. The van der Waals surface area contributed by atoms with Gasteiger partial charge in [0.2, 0.25) is 0 Å². The van der Waals surface area contributed by atoms with E-state index in [4.69, 9.17) is 9.47 Å². The van der Waals surface area contributed by atoms with E-state index in [1.165, 1.54) is 38.5 Å². The van der Waals surface area contributed by atoms with Gasteiger partial charge in [0.05, 0.1) is 6.61 Å². The first-order chi connectivity index (χ1) is 11.2. The Kier molecular flexibility index (Phi) is 7.61. The molecule has 0 aromatic rings. The molecule has 1 N–H and O–H groups in total. The largest absolute Gasteiger partial charge is 0.385 e. The van der Waals surface area contributed by atoms with Crippen LogP contribution in [-0.2, 0) is 9.47 Å². The summed E-state index contributed by atoms with van der Waals surface area (Å²) < 4.78 is 11.0. The van der Waals surface area contributed by atoms with Crippen LogP contribution in [0.15, 0.2) is 4.99 Å². The van der Waals surface area contributed by atoms with Gasteiger partial charge < -0.3 is 19.7 Å². The number of nitrogens with zero attached hydrogens (tertiary/aromatic N) is 2. The lowest BCUT2D eigenvalue weighted by Crippen LogP contribution is -2.45. The lowest BCUT2D eigenvalue weighted by atomic mass is 9.83. The molecule has 3 fully saturated rings. The lowest BCUT2D eigenvalue weighted by molar-refractivity contribution is 0.137. The predicted octanol–water partition coefficient (Wildman–Crippen LogP) is 2.89. The van der Waals surface area contributed by atoms with Gasteiger partial charge in [-0.05, 0) is 37.5 Å². The van der Waals surface area contributed by atoms with Crippen molar-refractivity contribution in [2.24, 2.45) is 15.8 Å². The fourth-order valence-electron chi connectivity index (χ4n) is 4.64. The van der Waals surface area contributed by atoms with E-state index in [9.17, 15) is 0 Å². The number of likely N-dealkylation sites (tertiary alicyclic amines) is 1. The number of guanidine groups is 1. The van der Waals surface area contributed by atoms with E-state index in [1.54, 1.807) is 0 Å². The van der Waals surface area contributed by atoms with Crippen LogP contribution in [0.5, 0.6) is 0 Å². The van der Waals surface area contributed by atoms with Crippen LogP contribution in [0.4, 0.5) is 0 Å². The molecule has 0 amide bonds. The molecule has 24 heavy (non-hydrogen) atoms. The van der Waals surface area contributed by atoms with Gasteiger partial charge in [-0.3, -0.25) is 4.99 Å². The van der Waals surface area contributed by atoms with Gasteiger partial charge in [-0.1, -0.05) is 12.8 Å². The molecule has 5 nitrogen and oxygen atoms in total. The summed E-state index contributed by atoms with van der Waals surface area (Å²) >= 11 is 0. The van der Waals surface area contributed by atoms with Crippen LogP contribution in [0, 0.1) is 10.8 Å². The molecule has 0 radical (unpaired) electrons. The fraction of sp³-hybridized carbons (Fsp3) is 0.944. The van der Waals surface area contributed by atoms with E-state index in [0.29, 0.717) is 10.8 Å². The van der Waals surface area contributed by atoms with Gasteiger partial charge in [0.1, 0.15) is 0 Å². The Morgan fingerprint density at radius 2 is 2.04 bits per heavy atom. The molecule has 0 aromatic heterocycles. The summed E-state index contributed by atoms with van der Waals surface area (Å²) in [7, 11) is 3.72. The van der Waals surface area contributed by atoms with Crippen LogP contribution in [0.2, 0.25) is 0 Å². The summed E-state index contributed by atoms with van der Waals surface area (Å²) in [6, 6.07) is 0. The van der Waals surface area contributed by atoms with Crippen LogP contribution >= 0.6 is 24.0 Å². The monoisotopic (exact) mass is 451 g/mol. The molecule has 1 spiro atoms. The normalized spacial score (nSPS) is 29.2. The first kappa shape index (κ1) is 20.2. The van der Waals surface area contributed by atoms with Crippen molar-refractivity contribution >= 4 is 29.9 Å². The van der Waals surface area contributed by atoms with E-state index in [0.717, 1.165) is 51.8 Å². The van der Waals surface area contributed by atoms with Crippen molar-refractivity contribution in [2.45, 2.75) is 44.9 Å². The Morgan fingerprint density at radius 3 is 2.67 bits per heavy atom. The van der Waals surface area contributed by atoms with Crippen LogP contribution in [0.3, 0.4) is 0 Å². The number of nitrogens with one attached hydrogen (secondary N) is 1. The molecule has 2 heterocycles. The van der Waals surface area contributed by atoms with Crippen molar-refractivity contribution in [1.82, 2.24) is 10.2 Å². The number of hydrogen-bond donors (Lipinski definition) is 1. The van der Waals surface area contributed by atoms with Crippen molar-refractivity contribution < 1.29 is 9.47 Å². The number of rotatable bonds is 5. The third-order valence-electron chi connectivity index (χ3n) is 6.26. The van der Waals surface area contributed by atoms with Gasteiger partial charge in [0.25, 0.3) is 0 Å². The first-order valence-electron chi connectivity index (χ1n) is 9.23. The Hall–Kier alpha value is -0.0800. The van der Waals surface area contributed by atoms with Crippen molar-refractivity contribution in [2.75, 3.05) is 53.6 Å². The molecule has 0 aromatic carbocycles. The van der Waals surface area contributed by atoms with Crippen LogP contribution in [0.1, 0.15) is 44.9 Å². The van der Waals surface area contributed by atoms with Gasteiger partial charge in [0, 0.05) is 52.4 Å².